The summed E-state index contributed by atoms with van der Waals surface area (Å²) in [4.78, 5) is 2.61. The first-order valence-corrected chi connectivity index (χ1v) is 6.20. The molecule has 0 radical (unpaired) electrons. The Morgan fingerprint density at radius 2 is 1.87 bits per heavy atom. The predicted octanol–water partition coefficient (Wildman–Crippen LogP) is 2.36. The molecule has 1 rings (SSSR count). The molecule has 0 amide bonds. The molecule has 2 unspecified atom stereocenters. The molecule has 3 N–H and O–H groups in total. The molecule has 0 aliphatic carbocycles. The smallest absolute Gasteiger partial charge is 0.0905 e. The Kier molecular flexibility index (Phi) is 5.09. The lowest BCUT2D eigenvalue weighted by Gasteiger charge is -2.39. The fourth-order valence-electron chi connectivity index (χ4n) is 2.53. The number of likely N-dealkylation sites (tertiary alicyclic amines) is 1. The summed E-state index contributed by atoms with van der Waals surface area (Å²) in [6.45, 7) is 5.84. The van der Waals surface area contributed by atoms with Crippen LogP contribution in [0.25, 0.3) is 0 Å². The normalized spacial score (nSPS) is 27.9. The maximum Gasteiger partial charge on any atom is 0.0905 e. The van der Waals surface area contributed by atoms with E-state index in [4.69, 9.17) is 11.1 Å². The van der Waals surface area contributed by atoms with Gasteiger partial charge in [0, 0.05) is 18.5 Å². The van der Waals surface area contributed by atoms with Crippen molar-refractivity contribution in [3.63, 3.8) is 0 Å². The Hall–Kier alpha value is -0.570. The minimum absolute atomic E-state index is 0.328. The Morgan fingerprint density at radius 3 is 2.40 bits per heavy atom. The third-order valence-corrected chi connectivity index (χ3v) is 3.49. The van der Waals surface area contributed by atoms with Gasteiger partial charge in [-0.3, -0.25) is 10.3 Å². The van der Waals surface area contributed by atoms with Gasteiger partial charge in [0.05, 0.1) is 5.84 Å². The number of hydrogen-bond donors (Lipinski definition) is 2. The summed E-state index contributed by atoms with van der Waals surface area (Å²) in [6.07, 6.45) is 7.07. The lowest BCUT2D eigenvalue weighted by Crippen LogP contribution is -2.44. The molecule has 0 aromatic rings. The number of unbranched alkanes of at least 4 members (excludes halogenated alkanes) is 1. The van der Waals surface area contributed by atoms with Gasteiger partial charge in [-0.2, -0.15) is 0 Å². The monoisotopic (exact) mass is 211 g/mol. The van der Waals surface area contributed by atoms with Gasteiger partial charge in [0.1, 0.15) is 0 Å². The molecule has 0 aromatic carbocycles. The van der Waals surface area contributed by atoms with Crippen molar-refractivity contribution in [1.82, 2.24) is 4.90 Å². The zero-order chi connectivity index (χ0) is 11.3. The molecule has 0 spiro atoms. The highest BCUT2D eigenvalue weighted by Gasteiger charge is 2.23. The van der Waals surface area contributed by atoms with Crippen molar-refractivity contribution >= 4 is 5.84 Å². The summed E-state index contributed by atoms with van der Waals surface area (Å²) < 4.78 is 0. The molecular weight excluding hydrogens is 186 g/mol. The Bertz CT molecular complexity index is 193. The Balaban J connectivity index is 2.20. The van der Waals surface area contributed by atoms with E-state index in [2.05, 4.69) is 18.7 Å². The second-order valence-corrected chi connectivity index (χ2v) is 4.85. The van der Waals surface area contributed by atoms with Crippen LogP contribution in [-0.2, 0) is 0 Å². The molecule has 0 saturated carbocycles. The Labute approximate surface area is 93.5 Å². The molecule has 1 aliphatic rings. The van der Waals surface area contributed by atoms with E-state index < -0.39 is 0 Å². The first-order valence-electron chi connectivity index (χ1n) is 6.20. The van der Waals surface area contributed by atoms with E-state index >= 15 is 0 Å². The van der Waals surface area contributed by atoms with Crippen LogP contribution in [0, 0.1) is 5.41 Å². The number of nitrogens with one attached hydrogen (secondary N) is 1. The largest absolute Gasteiger partial charge is 0.388 e. The van der Waals surface area contributed by atoms with Crippen LogP contribution in [-0.4, -0.2) is 29.4 Å². The second-order valence-electron chi connectivity index (χ2n) is 4.85. The van der Waals surface area contributed by atoms with Crippen molar-refractivity contribution in [1.29, 1.82) is 5.41 Å². The van der Waals surface area contributed by atoms with Gasteiger partial charge in [-0.15, -0.1) is 0 Å². The third-order valence-electron chi connectivity index (χ3n) is 3.49. The van der Waals surface area contributed by atoms with Gasteiger partial charge in [-0.1, -0.05) is 6.42 Å². The topological polar surface area (TPSA) is 53.1 Å². The zero-order valence-electron chi connectivity index (χ0n) is 10.1. The number of nitrogens with two attached hydrogens (primary N) is 1. The lowest BCUT2D eigenvalue weighted by atomic mass is 9.97. The van der Waals surface area contributed by atoms with Crippen molar-refractivity contribution in [3.8, 4) is 0 Å². The quantitative estimate of drug-likeness (QED) is 0.417. The summed E-state index contributed by atoms with van der Waals surface area (Å²) in [7, 11) is 0. The van der Waals surface area contributed by atoms with Crippen LogP contribution in [0.1, 0.15) is 52.4 Å². The highest BCUT2D eigenvalue weighted by atomic mass is 15.2. The molecule has 2 atom stereocenters. The minimum Gasteiger partial charge on any atom is -0.388 e. The molecule has 1 heterocycles. The molecule has 1 fully saturated rings. The summed E-state index contributed by atoms with van der Waals surface area (Å²) in [5, 5.41) is 7.16. The molecule has 88 valence electrons. The van der Waals surface area contributed by atoms with Crippen molar-refractivity contribution in [2.45, 2.75) is 64.5 Å². The number of hydrogen-bond acceptors (Lipinski definition) is 2. The fourth-order valence-corrected chi connectivity index (χ4v) is 2.53. The van der Waals surface area contributed by atoms with Crippen LogP contribution < -0.4 is 5.73 Å². The summed E-state index contributed by atoms with van der Waals surface area (Å²) in [5.74, 6) is 0.328. The van der Waals surface area contributed by atoms with Crippen molar-refractivity contribution in [3.05, 3.63) is 0 Å². The van der Waals surface area contributed by atoms with E-state index in [-0.39, 0.29) is 0 Å². The average Bonchev–Trinajstić information content (AvgIpc) is 2.15. The van der Waals surface area contributed by atoms with Gasteiger partial charge < -0.3 is 5.73 Å². The van der Waals surface area contributed by atoms with Crippen LogP contribution in [0.5, 0.6) is 0 Å². The predicted molar refractivity (Wildman–Crippen MR) is 65.2 cm³/mol. The molecule has 3 nitrogen and oxygen atoms in total. The minimum atomic E-state index is 0.328. The van der Waals surface area contributed by atoms with Crippen LogP contribution in [0.15, 0.2) is 0 Å². The first-order chi connectivity index (χ1) is 7.11. The highest BCUT2D eigenvalue weighted by molar-refractivity contribution is 5.76. The Morgan fingerprint density at radius 1 is 1.27 bits per heavy atom. The first kappa shape index (κ1) is 12.5. The van der Waals surface area contributed by atoms with Crippen LogP contribution in [0.3, 0.4) is 0 Å². The van der Waals surface area contributed by atoms with E-state index in [0.717, 1.165) is 24.9 Å². The van der Waals surface area contributed by atoms with Gasteiger partial charge >= 0.3 is 0 Å². The maximum atomic E-state index is 7.16. The van der Waals surface area contributed by atoms with E-state index in [0.29, 0.717) is 5.84 Å². The summed E-state index contributed by atoms with van der Waals surface area (Å²) in [6, 6.07) is 1.48. The van der Waals surface area contributed by atoms with Gasteiger partial charge in [-0.05, 0) is 46.1 Å². The van der Waals surface area contributed by atoms with Gasteiger partial charge in [0.2, 0.25) is 0 Å². The third kappa shape index (κ3) is 4.20. The van der Waals surface area contributed by atoms with Crippen molar-refractivity contribution in [2.24, 2.45) is 5.73 Å². The SMILES string of the molecule is CC1CCCC(C)N1CCCCC(=N)N. The van der Waals surface area contributed by atoms with Crippen LogP contribution in [0.2, 0.25) is 0 Å². The number of nitrogens with zero attached hydrogens (tertiary/aromatic N) is 1. The highest BCUT2D eigenvalue weighted by Crippen LogP contribution is 2.22. The lowest BCUT2D eigenvalue weighted by molar-refractivity contribution is 0.102. The average molecular weight is 211 g/mol. The van der Waals surface area contributed by atoms with Gasteiger partial charge in [-0.25, -0.2) is 0 Å². The van der Waals surface area contributed by atoms with Crippen molar-refractivity contribution < 1.29 is 0 Å². The van der Waals surface area contributed by atoms with Crippen molar-refractivity contribution in [2.75, 3.05) is 6.54 Å². The number of amidine groups is 1. The number of rotatable bonds is 5. The second kappa shape index (κ2) is 6.11. The number of piperidine rings is 1. The molecule has 0 aromatic heterocycles. The molecule has 1 aliphatic heterocycles. The molecular formula is C12H25N3. The van der Waals surface area contributed by atoms with E-state index in [1.54, 1.807) is 0 Å². The van der Waals surface area contributed by atoms with Crippen LogP contribution in [0.4, 0.5) is 0 Å². The van der Waals surface area contributed by atoms with E-state index in [1.807, 2.05) is 0 Å². The van der Waals surface area contributed by atoms with Gasteiger partial charge in [0.15, 0.2) is 0 Å². The van der Waals surface area contributed by atoms with Crippen LogP contribution >= 0.6 is 0 Å². The fraction of sp³-hybridized carbons (Fsp3) is 0.917. The molecule has 1 saturated heterocycles. The van der Waals surface area contributed by atoms with Gasteiger partial charge in [0.25, 0.3) is 0 Å². The molecule has 0 bridgehead atoms. The van der Waals surface area contributed by atoms with E-state index in [1.165, 1.54) is 32.2 Å². The standard InChI is InChI=1S/C12H25N3/c1-10-6-5-7-11(2)15(10)9-4-3-8-12(13)14/h10-11H,3-9H2,1-2H3,(H3,13,14). The summed E-state index contributed by atoms with van der Waals surface area (Å²) in [5.41, 5.74) is 5.34. The van der Waals surface area contributed by atoms with E-state index in [9.17, 15) is 0 Å². The zero-order valence-corrected chi connectivity index (χ0v) is 10.1. The maximum absolute atomic E-state index is 7.16. The summed E-state index contributed by atoms with van der Waals surface area (Å²) >= 11 is 0. The molecule has 3 heteroatoms. The molecule has 15 heavy (non-hydrogen) atoms.